The molecule has 0 bridgehead atoms. The van der Waals surface area contributed by atoms with Crippen molar-refractivity contribution < 1.29 is 23.8 Å². The van der Waals surface area contributed by atoms with Gasteiger partial charge in [-0.25, -0.2) is 4.79 Å². The van der Waals surface area contributed by atoms with E-state index in [1.807, 2.05) is 36.6 Å². The largest absolute Gasteiger partial charge is 0.497 e. The highest BCUT2D eigenvalue weighted by Gasteiger charge is 2.22. The summed E-state index contributed by atoms with van der Waals surface area (Å²) in [6.07, 6.45) is 2.23. The van der Waals surface area contributed by atoms with Crippen molar-refractivity contribution in [3.63, 3.8) is 0 Å². The van der Waals surface area contributed by atoms with Crippen LogP contribution in [0.5, 0.6) is 17.2 Å². The van der Waals surface area contributed by atoms with Crippen molar-refractivity contribution in [2.75, 3.05) is 46.3 Å². The van der Waals surface area contributed by atoms with Gasteiger partial charge in [-0.3, -0.25) is 4.79 Å². The van der Waals surface area contributed by atoms with Crippen LogP contribution in [0.2, 0.25) is 0 Å². The van der Waals surface area contributed by atoms with Crippen molar-refractivity contribution in [3.8, 4) is 17.2 Å². The molecule has 0 fully saturated rings. The first-order valence-electron chi connectivity index (χ1n) is 12.2. The lowest BCUT2D eigenvalue weighted by molar-refractivity contribution is -0.132. The number of methoxy groups -OCH3 is 3. The summed E-state index contributed by atoms with van der Waals surface area (Å²) in [5, 5.41) is 4.87. The molecule has 0 aliphatic rings. The Balaban J connectivity index is 1.75. The Bertz CT molecular complexity index is 1240. The van der Waals surface area contributed by atoms with Crippen molar-refractivity contribution in [1.29, 1.82) is 0 Å². The predicted molar refractivity (Wildman–Crippen MR) is 152 cm³/mol. The number of amides is 3. The maximum atomic E-state index is 13.6. The fraction of sp³-hybridized carbons (Fsp3) is 0.310. The molecule has 38 heavy (non-hydrogen) atoms. The highest BCUT2D eigenvalue weighted by atomic mass is 32.1. The Morgan fingerprint density at radius 3 is 2.45 bits per heavy atom. The van der Waals surface area contributed by atoms with Crippen LogP contribution < -0.4 is 19.5 Å². The smallest absolute Gasteiger partial charge is 0.322 e. The van der Waals surface area contributed by atoms with E-state index in [1.165, 1.54) is 4.90 Å². The van der Waals surface area contributed by atoms with Crippen molar-refractivity contribution in [2.45, 2.75) is 19.9 Å². The first kappa shape index (κ1) is 28.6. The Hall–Kier alpha value is -3.98. The second-order valence-electron chi connectivity index (χ2n) is 8.61. The lowest BCUT2D eigenvalue weighted by atomic mass is 10.1. The fourth-order valence-corrected chi connectivity index (χ4v) is 4.79. The summed E-state index contributed by atoms with van der Waals surface area (Å²) >= 11 is 1.62. The molecule has 3 amide bonds. The van der Waals surface area contributed by atoms with Crippen molar-refractivity contribution >= 4 is 29.0 Å². The summed E-state index contributed by atoms with van der Waals surface area (Å²) < 4.78 is 16.0. The fourth-order valence-electron chi connectivity index (χ4n) is 3.87. The number of anilines is 1. The quantitative estimate of drug-likeness (QED) is 0.297. The van der Waals surface area contributed by atoms with Gasteiger partial charge in [-0.05, 0) is 60.2 Å². The zero-order valence-corrected chi connectivity index (χ0v) is 23.2. The first-order chi connectivity index (χ1) is 18.4. The van der Waals surface area contributed by atoms with Crippen LogP contribution in [0, 0.1) is 6.92 Å². The molecule has 9 heteroatoms. The molecule has 2 aromatic carbocycles. The van der Waals surface area contributed by atoms with Gasteiger partial charge in [0.05, 0.1) is 27.9 Å². The van der Waals surface area contributed by atoms with E-state index in [-0.39, 0.29) is 19.0 Å². The first-order valence-corrected chi connectivity index (χ1v) is 13.1. The SMILES string of the molecule is C=CCN(CC(=O)N(CCc1ccc(OC)c(OC)c1)Cc1sccc1C)C(=O)Nc1cccc(OC)c1. The average molecular weight is 538 g/mol. The van der Waals surface area contributed by atoms with E-state index in [1.54, 1.807) is 67.9 Å². The number of urea groups is 1. The van der Waals surface area contributed by atoms with E-state index in [4.69, 9.17) is 14.2 Å². The topological polar surface area (TPSA) is 80.3 Å². The minimum absolute atomic E-state index is 0.0851. The van der Waals surface area contributed by atoms with E-state index in [0.29, 0.717) is 42.4 Å². The summed E-state index contributed by atoms with van der Waals surface area (Å²) in [5.41, 5.74) is 2.73. The Labute approximate surface area is 228 Å². The van der Waals surface area contributed by atoms with Crippen LogP contribution in [0.4, 0.5) is 10.5 Å². The molecule has 8 nitrogen and oxygen atoms in total. The molecule has 0 atom stereocenters. The number of thiophene rings is 1. The third-order valence-electron chi connectivity index (χ3n) is 6.06. The van der Waals surface area contributed by atoms with E-state index in [2.05, 4.69) is 11.9 Å². The molecular weight excluding hydrogens is 502 g/mol. The molecule has 3 aromatic rings. The maximum absolute atomic E-state index is 13.6. The molecule has 0 saturated carbocycles. The van der Waals surface area contributed by atoms with Gasteiger partial charge in [0.1, 0.15) is 12.3 Å². The molecule has 0 saturated heterocycles. The number of rotatable bonds is 13. The second kappa shape index (κ2) is 14.1. The van der Waals surface area contributed by atoms with E-state index in [9.17, 15) is 9.59 Å². The minimum atomic E-state index is -0.390. The van der Waals surface area contributed by atoms with Gasteiger partial charge in [0.15, 0.2) is 11.5 Å². The number of nitrogens with zero attached hydrogens (tertiary/aromatic N) is 2. The Morgan fingerprint density at radius 1 is 1.00 bits per heavy atom. The van der Waals surface area contributed by atoms with Crippen LogP contribution in [0.25, 0.3) is 0 Å². The third kappa shape index (κ3) is 7.76. The van der Waals surface area contributed by atoms with Crippen LogP contribution in [0.3, 0.4) is 0 Å². The predicted octanol–water partition coefficient (Wildman–Crippen LogP) is 5.37. The van der Waals surface area contributed by atoms with Gasteiger partial charge in [-0.15, -0.1) is 17.9 Å². The number of carbonyl (C=O) groups is 2. The highest BCUT2D eigenvalue weighted by Crippen LogP contribution is 2.28. The van der Waals surface area contributed by atoms with E-state index in [0.717, 1.165) is 16.0 Å². The van der Waals surface area contributed by atoms with Crippen LogP contribution in [0.1, 0.15) is 16.0 Å². The van der Waals surface area contributed by atoms with Gasteiger partial charge in [0.25, 0.3) is 0 Å². The Kier molecular flexibility index (Phi) is 10.6. The lowest BCUT2D eigenvalue weighted by Gasteiger charge is -2.27. The molecule has 0 aliphatic heterocycles. The van der Waals surface area contributed by atoms with E-state index < -0.39 is 6.03 Å². The zero-order chi connectivity index (χ0) is 27.5. The van der Waals surface area contributed by atoms with Crippen molar-refractivity contribution in [3.05, 3.63) is 82.6 Å². The Morgan fingerprint density at radius 2 is 1.79 bits per heavy atom. The third-order valence-corrected chi connectivity index (χ3v) is 7.07. The van der Waals surface area contributed by atoms with E-state index >= 15 is 0 Å². The number of ether oxygens (including phenoxy) is 3. The van der Waals surface area contributed by atoms with Crippen LogP contribution in [0.15, 0.2) is 66.6 Å². The van der Waals surface area contributed by atoms with Gasteiger partial charge in [-0.2, -0.15) is 0 Å². The number of nitrogens with one attached hydrogen (secondary N) is 1. The molecule has 0 unspecified atom stereocenters. The molecule has 1 heterocycles. The van der Waals surface area contributed by atoms with Crippen molar-refractivity contribution in [2.24, 2.45) is 0 Å². The molecule has 202 valence electrons. The number of hydrogen-bond acceptors (Lipinski definition) is 6. The average Bonchev–Trinajstić information content (AvgIpc) is 3.34. The maximum Gasteiger partial charge on any atom is 0.322 e. The van der Waals surface area contributed by atoms with Gasteiger partial charge in [0.2, 0.25) is 5.91 Å². The normalized spacial score (nSPS) is 10.4. The molecule has 1 aromatic heterocycles. The monoisotopic (exact) mass is 537 g/mol. The summed E-state index contributed by atoms with van der Waals surface area (Å²) in [7, 11) is 4.76. The van der Waals surface area contributed by atoms with Crippen LogP contribution >= 0.6 is 11.3 Å². The van der Waals surface area contributed by atoms with Crippen molar-refractivity contribution in [1.82, 2.24) is 9.80 Å². The van der Waals surface area contributed by atoms with Crippen LogP contribution in [-0.4, -0.2) is 62.7 Å². The highest BCUT2D eigenvalue weighted by molar-refractivity contribution is 7.10. The van der Waals surface area contributed by atoms with Gasteiger partial charge >= 0.3 is 6.03 Å². The number of carbonyl (C=O) groups excluding carboxylic acids is 2. The molecule has 0 radical (unpaired) electrons. The molecule has 3 rings (SSSR count). The number of hydrogen-bond donors (Lipinski definition) is 1. The molecule has 0 spiro atoms. The molecule has 1 N–H and O–H groups in total. The molecule has 0 aliphatic carbocycles. The van der Waals surface area contributed by atoms with Gasteiger partial charge in [0, 0.05) is 29.7 Å². The zero-order valence-electron chi connectivity index (χ0n) is 22.4. The number of aryl methyl sites for hydroxylation is 1. The summed E-state index contributed by atoms with van der Waals surface area (Å²) in [5.74, 6) is 1.77. The minimum Gasteiger partial charge on any atom is -0.497 e. The van der Waals surface area contributed by atoms with Gasteiger partial charge in [-0.1, -0.05) is 18.2 Å². The summed E-state index contributed by atoms with van der Waals surface area (Å²) in [4.78, 5) is 31.0. The summed E-state index contributed by atoms with van der Waals surface area (Å²) in [6, 6.07) is 14.5. The lowest BCUT2D eigenvalue weighted by Crippen LogP contribution is -2.44. The molecular formula is C29H35N3O5S. The second-order valence-corrected chi connectivity index (χ2v) is 9.61. The van der Waals surface area contributed by atoms with Gasteiger partial charge < -0.3 is 29.3 Å². The summed E-state index contributed by atoms with van der Waals surface area (Å²) in [6.45, 7) is 6.88. The number of benzene rings is 2. The standard InChI is InChI=1S/C29H35N3O5S/c1-6-14-32(29(34)30-23-8-7-9-24(18-23)35-3)20-28(33)31(19-27-21(2)13-16-38-27)15-12-22-10-11-25(36-4)26(17-22)37-5/h6-11,13,16-18H,1,12,14-15,19-20H2,2-5H3,(H,30,34). The van der Waals surface area contributed by atoms with Crippen LogP contribution in [-0.2, 0) is 17.8 Å².